The Morgan fingerprint density at radius 1 is 0.862 bits per heavy atom. The molecule has 1 heterocycles. The lowest BCUT2D eigenvalue weighted by Gasteiger charge is -2.23. The predicted octanol–water partition coefficient (Wildman–Crippen LogP) is 5.11. The number of hydrogen-bond donors (Lipinski definition) is 0. The van der Waals surface area contributed by atoms with Crippen molar-refractivity contribution in [1.29, 1.82) is 0 Å². The molecule has 29 heavy (non-hydrogen) atoms. The summed E-state index contributed by atoms with van der Waals surface area (Å²) >= 11 is 0. The van der Waals surface area contributed by atoms with E-state index in [-0.39, 0.29) is 0 Å². The molecule has 3 aromatic carbocycles. The summed E-state index contributed by atoms with van der Waals surface area (Å²) in [6.07, 6.45) is 0. The Hall–Kier alpha value is -3.47. The van der Waals surface area contributed by atoms with Crippen molar-refractivity contribution in [3.63, 3.8) is 0 Å². The van der Waals surface area contributed by atoms with Gasteiger partial charge < -0.3 is 4.74 Å². The van der Waals surface area contributed by atoms with Crippen LogP contribution in [-0.2, 0) is 5.54 Å². The van der Waals surface area contributed by atoms with Gasteiger partial charge in [-0.1, -0.05) is 72.3 Å². The van der Waals surface area contributed by atoms with E-state index in [4.69, 9.17) is 9.84 Å². The van der Waals surface area contributed by atoms with Gasteiger partial charge in [0.1, 0.15) is 11.3 Å². The first kappa shape index (κ1) is 18.9. The summed E-state index contributed by atoms with van der Waals surface area (Å²) in [6, 6.07) is 24.6. The molecule has 0 aliphatic rings. The van der Waals surface area contributed by atoms with Crippen molar-refractivity contribution in [3.05, 3.63) is 83.9 Å². The topological polar surface area (TPSA) is 52.8 Å². The van der Waals surface area contributed by atoms with E-state index in [0.717, 1.165) is 28.0 Å². The van der Waals surface area contributed by atoms with Crippen LogP contribution in [0.1, 0.15) is 25.0 Å². The highest BCUT2D eigenvalue weighted by molar-refractivity contribution is 5.84. The normalized spacial score (nSPS) is 11.4. The third kappa shape index (κ3) is 3.51. The van der Waals surface area contributed by atoms with Crippen molar-refractivity contribution >= 4 is 0 Å². The lowest BCUT2D eigenvalue weighted by Crippen LogP contribution is -2.30. The summed E-state index contributed by atoms with van der Waals surface area (Å²) < 4.78 is 5.65. The van der Waals surface area contributed by atoms with E-state index in [1.165, 1.54) is 5.56 Å². The highest BCUT2D eigenvalue weighted by atomic mass is 16.5. The van der Waals surface area contributed by atoms with E-state index in [2.05, 4.69) is 73.5 Å². The Balaban J connectivity index is 1.83. The molecule has 0 radical (unpaired) electrons. The molecule has 0 aliphatic heterocycles. The first-order valence-electron chi connectivity index (χ1n) is 9.61. The van der Waals surface area contributed by atoms with Gasteiger partial charge in [0.25, 0.3) is 0 Å². The van der Waals surface area contributed by atoms with Gasteiger partial charge >= 0.3 is 0 Å². The number of methoxy groups -OCH3 is 1. The fraction of sp³-hybridized carbons (Fsp3) is 0.208. The van der Waals surface area contributed by atoms with Crippen LogP contribution in [-0.4, -0.2) is 27.3 Å². The van der Waals surface area contributed by atoms with Gasteiger partial charge in [-0.15, -0.1) is 10.2 Å². The molecule has 0 bridgehead atoms. The second-order valence-electron chi connectivity index (χ2n) is 7.58. The molecule has 0 amide bonds. The van der Waals surface area contributed by atoms with E-state index < -0.39 is 5.54 Å². The molecule has 5 nitrogen and oxygen atoms in total. The summed E-state index contributed by atoms with van der Waals surface area (Å²) in [6.45, 7) is 6.24. The molecule has 0 N–H and O–H groups in total. The van der Waals surface area contributed by atoms with Crippen LogP contribution in [0.5, 0.6) is 5.75 Å². The zero-order valence-electron chi connectivity index (χ0n) is 17.1. The van der Waals surface area contributed by atoms with E-state index in [1.807, 2.05) is 30.3 Å². The first-order chi connectivity index (χ1) is 14.0. The molecule has 0 fully saturated rings. The maximum absolute atomic E-state index is 5.65. The molecule has 4 rings (SSSR count). The summed E-state index contributed by atoms with van der Waals surface area (Å²) in [4.78, 5) is 1.67. The summed E-state index contributed by atoms with van der Waals surface area (Å²) in [5.74, 6) is 1.27. The smallest absolute Gasteiger partial charge is 0.209 e. The molecule has 146 valence electrons. The molecule has 0 aliphatic carbocycles. The Morgan fingerprint density at radius 3 is 2.28 bits per heavy atom. The van der Waals surface area contributed by atoms with Gasteiger partial charge in [0.2, 0.25) is 5.82 Å². The number of aryl methyl sites for hydroxylation is 1. The Labute approximate surface area is 171 Å². The minimum atomic E-state index is -0.432. The monoisotopic (exact) mass is 384 g/mol. The number of tetrazole rings is 1. The van der Waals surface area contributed by atoms with Crippen LogP contribution in [0.4, 0.5) is 0 Å². The number of ether oxygens (including phenoxy) is 1. The predicted molar refractivity (Wildman–Crippen MR) is 115 cm³/mol. The minimum absolute atomic E-state index is 0.432. The third-order valence-corrected chi connectivity index (χ3v) is 5.23. The summed E-state index contributed by atoms with van der Waals surface area (Å²) in [7, 11) is 1.66. The van der Waals surface area contributed by atoms with Crippen molar-refractivity contribution in [2.45, 2.75) is 26.3 Å². The highest BCUT2D eigenvalue weighted by Crippen LogP contribution is 2.37. The van der Waals surface area contributed by atoms with Gasteiger partial charge in [0.15, 0.2) is 0 Å². The van der Waals surface area contributed by atoms with Gasteiger partial charge in [-0.2, -0.15) is 4.80 Å². The fourth-order valence-electron chi connectivity index (χ4n) is 3.42. The van der Waals surface area contributed by atoms with Crippen molar-refractivity contribution in [1.82, 2.24) is 20.2 Å². The molecule has 1 aromatic heterocycles. The Morgan fingerprint density at radius 2 is 1.59 bits per heavy atom. The quantitative estimate of drug-likeness (QED) is 0.480. The lowest BCUT2D eigenvalue weighted by molar-refractivity contribution is 0.337. The van der Waals surface area contributed by atoms with Crippen LogP contribution >= 0.6 is 0 Å². The van der Waals surface area contributed by atoms with Crippen LogP contribution < -0.4 is 4.74 Å². The van der Waals surface area contributed by atoms with Crippen molar-refractivity contribution in [2.24, 2.45) is 0 Å². The van der Waals surface area contributed by atoms with E-state index in [1.54, 1.807) is 11.9 Å². The molecule has 0 atom stereocenters. The molecule has 0 unspecified atom stereocenters. The molecule has 0 spiro atoms. The summed E-state index contributed by atoms with van der Waals surface area (Å²) in [5.41, 5.74) is 4.84. The van der Waals surface area contributed by atoms with Gasteiger partial charge in [-0.05, 0) is 48.7 Å². The minimum Gasteiger partial charge on any atom is -0.496 e. The van der Waals surface area contributed by atoms with Crippen LogP contribution in [0.2, 0.25) is 0 Å². The Kier molecular flexibility index (Phi) is 4.89. The van der Waals surface area contributed by atoms with E-state index in [9.17, 15) is 0 Å². The van der Waals surface area contributed by atoms with E-state index in [0.29, 0.717) is 5.82 Å². The van der Waals surface area contributed by atoms with Crippen molar-refractivity contribution in [3.8, 4) is 28.3 Å². The second-order valence-corrected chi connectivity index (χ2v) is 7.58. The number of hydrogen-bond acceptors (Lipinski definition) is 4. The zero-order valence-corrected chi connectivity index (χ0v) is 17.1. The van der Waals surface area contributed by atoms with Gasteiger partial charge in [0, 0.05) is 0 Å². The van der Waals surface area contributed by atoms with Gasteiger partial charge in [0.05, 0.1) is 12.7 Å². The highest BCUT2D eigenvalue weighted by Gasteiger charge is 2.27. The Bertz CT molecular complexity index is 1120. The number of benzene rings is 3. The van der Waals surface area contributed by atoms with Gasteiger partial charge in [-0.25, -0.2) is 0 Å². The average Bonchev–Trinajstić information content (AvgIpc) is 3.25. The molecular weight excluding hydrogens is 360 g/mol. The van der Waals surface area contributed by atoms with Crippen LogP contribution in [0.25, 0.3) is 22.5 Å². The van der Waals surface area contributed by atoms with Crippen LogP contribution in [0.15, 0.2) is 72.8 Å². The third-order valence-electron chi connectivity index (χ3n) is 5.23. The molecule has 4 aromatic rings. The number of nitrogens with zero attached hydrogens (tertiary/aromatic N) is 4. The van der Waals surface area contributed by atoms with Crippen LogP contribution in [0, 0.1) is 6.92 Å². The first-order valence-corrected chi connectivity index (χ1v) is 9.61. The number of aromatic nitrogens is 4. The van der Waals surface area contributed by atoms with E-state index >= 15 is 0 Å². The summed E-state index contributed by atoms with van der Waals surface area (Å²) in [5, 5.41) is 13.5. The second kappa shape index (κ2) is 7.51. The maximum Gasteiger partial charge on any atom is 0.209 e. The van der Waals surface area contributed by atoms with Crippen molar-refractivity contribution in [2.75, 3.05) is 7.11 Å². The lowest BCUT2D eigenvalue weighted by atomic mass is 9.95. The molecule has 0 saturated carbocycles. The zero-order chi connectivity index (χ0) is 20.4. The van der Waals surface area contributed by atoms with Crippen LogP contribution in [0.3, 0.4) is 0 Å². The fourth-order valence-corrected chi connectivity index (χ4v) is 3.42. The maximum atomic E-state index is 5.65. The number of rotatable bonds is 5. The molecular formula is C24H24N4O. The molecule has 0 saturated heterocycles. The average molecular weight is 384 g/mol. The van der Waals surface area contributed by atoms with Crippen molar-refractivity contribution < 1.29 is 4.74 Å². The largest absolute Gasteiger partial charge is 0.496 e. The molecule has 5 heteroatoms. The standard InChI is InChI=1S/C24H24N4O/c1-17-13-15-18(16-14-17)20-11-8-12-21(29-4)22(20)23-25-27-28(26-23)24(2,3)19-9-6-5-7-10-19/h5-16H,1-4H3. The SMILES string of the molecule is COc1cccc(-c2ccc(C)cc2)c1-c1nnn(C(C)(C)c2ccccc2)n1. The van der Waals surface area contributed by atoms with Gasteiger partial charge in [-0.3, -0.25) is 0 Å².